The summed E-state index contributed by atoms with van der Waals surface area (Å²) in [4.78, 5) is 11.7. The average molecular weight is 248 g/mol. The Labute approximate surface area is 108 Å². The van der Waals surface area contributed by atoms with Crippen molar-refractivity contribution in [1.29, 1.82) is 0 Å². The molecule has 0 amide bonds. The van der Waals surface area contributed by atoms with E-state index in [-0.39, 0.29) is 5.97 Å². The molecule has 18 heavy (non-hydrogen) atoms. The lowest BCUT2D eigenvalue weighted by molar-refractivity contribution is 0.0602. The van der Waals surface area contributed by atoms with Gasteiger partial charge in [-0.2, -0.15) is 0 Å². The van der Waals surface area contributed by atoms with Crippen LogP contribution in [0.2, 0.25) is 0 Å². The van der Waals surface area contributed by atoms with Crippen LogP contribution in [0.3, 0.4) is 0 Å². The van der Waals surface area contributed by atoms with Gasteiger partial charge in [0.1, 0.15) is 0 Å². The van der Waals surface area contributed by atoms with E-state index < -0.39 is 0 Å². The number of nitrogens with one attached hydrogen (secondary N) is 1. The fourth-order valence-electron chi connectivity index (χ4n) is 2.52. The number of anilines is 2. The van der Waals surface area contributed by atoms with Gasteiger partial charge in [0.2, 0.25) is 0 Å². The van der Waals surface area contributed by atoms with Crippen LogP contribution >= 0.6 is 0 Å². The molecule has 1 aromatic rings. The maximum absolute atomic E-state index is 11.7. The fraction of sp³-hybridized carbons (Fsp3) is 0.500. The molecule has 1 aliphatic rings. The first kappa shape index (κ1) is 12.7. The van der Waals surface area contributed by atoms with Gasteiger partial charge in [-0.3, -0.25) is 0 Å². The van der Waals surface area contributed by atoms with Crippen LogP contribution in [-0.4, -0.2) is 19.1 Å². The third-order valence-corrected chi connectivity index (χ3v) is 3.50. The molecule has 3 N–H and O–H groups in total. The highest BCUT2D eigenvalue weighted by molar-refractivity contribution is 5.96. The van der Waals surface area contributed by atoms with E-state index in [1.165, 1.54) is 13.5 Å². The number of esters is 1. The SMILES string of the molecule is COC(=O)c1cc(N)ccc1NC1CCC(C)C1. The number of carbonyl (C=O) groups is 1. The Kier molecular flexibility index (Phi) is 3.75. The number of nitrogen functional groups attached to an aromatic ring is 1. The number of ether oxygens (including phenoxy) is 1. The molecule has 1 saturated carbocycles. The van der Waals surface area contributed by atoms with E-state index in [9.17, 15) is 4.79 Å². The van der Waals surface area contributed by atoms with E-state index in [0.717, 1.165) is 24.4 Å². The number of nitrogens with two attached hydrogens (primary N) is 1. The molecule has 0 radical (unpaired) electrons. The molecular formula is C14H20N2O2. The second-order valence-corrected chi connectivity index (χ2v) is 5.06. The summed E-state index contributed by atoms with van der Waals surface area (Å²) < 4.78 is 4.78. The fourth-order valence-corrected chi connectivity index (χ4v) is 2.52. The third kappa shape index (κ3) is 2.75. The zero-order valence-electron chi connectivity index (χ0n) is 10.9. The maximum Gasteiger partial charge on any atom is 0.340 e. The van der Waals surface area contributed by atoms with Gasteiger partial charge >= 0.3 is 5.97 Å². The van der Waals surface area contributed by atoms with Crippen molar-refractivity contribution in [2.75, 3.05) is 18.2 Å². The molecule has 0 aliphatic heterocycles. The Balaban J connectivity index is 2.18. The minimum atomic E-state index is -0.351. The summed E-state index contributed by atoms with van der Waals surface area (Å²) in [6, 6.07) is 5.75. The van der Waals surface area contributed by atoms with Crippen LogP contribution in [0.25, 0.3) is 0 Å². The summed E-state index contributed by atoms with van der Waals surface area (Å²) >= 11 is 0. The first-order chi connectivity index (χ1) is 8.60. The highest BCUT2D eigenvalue weighted by Gasteiger charge is 2.22. The normalized spacial score (nSPS) is 22.8. The predicted octanol–water partition coefficient (Wildman–Crippen LogP) is 2.66. The zero-order valence-corrected chi connectivity index (χ0v) is 10.9. The molecule has 1 fully saturated rings. The van der Waals surface area contributed by atoms with Gasteiger partial charge in [0.15, 0.2) is 0 Å². The van der Waals surface area contributed by atoms with Crippen LogP contribution in [0.15, 0.2) is 18.2 Å². The van der Waals surface area contributed by atoms with E-state index in [4.69, 9.17) is 10.5 Å². The molecule has 2 unspecified atom stereocenters. The van der Waals surface area contributed by atoms with Gasteiger partial charge in [-0.05, 0) is 43.4 Å². The molecular weight excluding hydrogens is 228 g/mol. The number of hydrogen-bond acceptors (Lipinski definition) is 4. The van der Waals surface area contributed by atoms with Crippen molar-refractivity contribution >= 4 is 17.3 Å². The van der Waals surface area contributed by atoms with Gasteiger partial charge in [0, 0.05) is 17.4 Å². The molecule has 0 heterocycles. The number of rotatable bonds is 3. The molecule has 1 aromatic carbocycles. The average Bonchev–Trinajstić information content (AvgIpc) is 2.76. The van der Waals surface area contributed by atoms with Crippen LogP contribution in [0, 0.1) is 5.92 Å². The van der Waals surface area contributed by atoms with Crippen LogP contribution in [0.1, 0.15) is 36.5 Å². The third-order valence-electron chi connectivity index (χ3n) is 3.50. The lowest BCUT2D eigenvalue weighted by Gasteiger charge is -2.17. The number of benzene rings is 1. The molecule has 4 nitrogen and oxygen atoms in total. The second kappa shape index (κ2) is 5.29. The first-order valence-corrected chi connectivity index (χ1v) is 6.34. The zero-order chi connectivity index (χ0) is 13.1. The molecule has 1 aliphatic carbocycles. The summed E-state index contributed by atoms with van der Waals surface area (Å²) in [5, 5.41) is 3.43. The standard InChI is InChI=1S/C14H20N2O2/c1-9-3-5-11(7-9)16-13-6-4-10(15)8-12(13)14(17)18-2/h4,6,8-9,11,16H,3,5,7,15H2,1-2H3. The van der Waals surface area contributed by atoms with Gasteiger partial charge in [-0.15, -0.1) is 0 Å². The van der Waals surface area contributed by atoms with Gasteiger partial charge in [-0.1, -0.05) is 6.92 Å². The molecule has 2 rings (SSSR count). The Bertz CT molecular complexity index is 445. The summed E-state index contributed by atoms with van der Waals surface area (Å²) in [5.74, 6) is 0.397. The summed E-state index contributed by atoms with van der Waals surface area (Å²) in [6.45, 7) is 2.26. The highest BCUT2D eigenvalue weighted by atomic mass is 16.5. The van der Waals surface area contributed by atoms with Crippen molar-refractivity contribution in [3.63, 3.8) is 0 Å². The smallest absolute Gasteiger partial charge is 0.340 e. The van der Waals surface area contributed by atoms with Crippen molar-refractivity contribution in [2.24, 2.45) is 5.92 Å². The number of carbonyl (C=O) groups excluding carboxylic acids is 1. The molecule has 0 spiro atoms. The topological polar surface area (TPSA) is 64.3 Å². The van der Waals surface area contributed by atoms with E-state index in [0.29, 0.717) is 17.3 Å². The predicted molar refractivity (Wildman–Crippen MR) is 72.6 cm³/mol. The van der Waals surface area contributed by atoms with Crippen molar-refractivity contribution in [3.05, 3.63) is 23.8 Å². The molecule has 4 heteroatoms. The molecule has 98 valence electrons. The van der Waals surface area contributed by atoms with Crippen molar-refractivity contribution in [2.45, 2.75) is 32.2 Å². The van der Waals surface area contributed by atoms with Crippen molar-refractivity contribution in [3.8, 4) is 0 Å². The Hall–Kier alpha value is -1.71. The largest absolute Gasteiger partial charge is 0.465 e. The van der Waals surface area contributed by atoms with Gasteiger partial charge in [0.05, 0.1) is 12.7 Å². The molecule has 0 aromatic heterocycles. The number of methoxy groups -OCH3 is 1. The Morgan fingerprint density at radius 2 is 2.22 bits per heavy atom. The minimum absolute atomic E-state index is 0.351. The van der Waals surface area contributed by atoms with E-state index in [2.05, 4.69) is 12.2 Å². The van der Waals surface area contributed by atoms with Gasteiger partial charge < -0.3 is 15.8 Å². The summed E-state index contributed by atoms with van der Waals surface area (Å²) in [7, 11) is 1.38. The summed E-state index contributed by atoms with van der Waals surface area (Å²) in [6.07, 6.45) is 3.53. The van der Waals surface area contributed by atoms with Crippen LogP contribution in [0.5, 0.6) is 0 Å². The summed E-state index contributed by atoms with van der Waals surface area (Å²) in [5.41, 5.74) is 7.61. The van der Waals surface area contributed by atoms with E-state index in [1.54, 1.807) is 12.1 Å². The molecule has 2 atom stereocenters. The van der Waals surface area contributed by atoms with Gasteiger partial charge in [-0.25, -0.2) is 4.79 Å². The van der Waals surface area contributed by atoms with Crippen molar-refractivity contribution < 1.29 is 9.53 Å². The highest BCUT2D eigenvalue weighted by Crippen LogP contribution is 2.29. The Morgan fingerprint density at radius 3 is 2.83 bits per heavy atom. The maximum atomic E-state index is 11.7. The lowest BCUT2D eigenvalue weighted by Crippen LogP contribution is -2.18. The van der Waals surface area contributed by atoms with Crippen LogP contribution < -0.4 is 11.1 Å². The first-order valence-electron chi connectivity index (χ1n) is 6.34. The van der Waals surface area contributed by atoms with E-state index in [1.807, 2.05) is 6.07 Å². The van der Waals surface area contributed by atoms with Gasteiger partial charge in [0.25, 0.3) is 0 Å². The second-order valence-electron chi connectivity index (χ2n) is 5.06. The van der Waals surface area contributed by atoms with Crippen LogP contribution in [0.4, 0.5) is 11.4 Å². The molecule has 0 bridgehead atoms. The molecule has 0 saturated heterocycles. The van der Waals surface area contributed by atoms with Crippen molar-refractivity contribution in [1.82, 2.24) is 0 Å². The Morgan fingerprint density at radius 1 is 1.44 bits per heavy atom. The lowest BCUT2D eigenvalue weighted by atomic mass is 10.1. The number of hydrogen-bond donors (Lipinski definition) is 2. The van der Waals surface area contributed by atoms with E-state index >= 15 is 0 Å². The van der Waals surface area contributed by atoms with Crippen LogP contribution in [-0.2, 0) is 4.74 Å². The minimum Gasteiger partial charge on any atom is -0.465 e. The quantitative estimate of drug-likeness (QED) is 0.637. The monoisotopic (exact) mass is 248 g/mol.